The van der Waals surface area contributed by atoms with Crippen LogP contribution in [0.15, 0.2) is 0 Å². The van der Waals surface area contributed by atoms with Crippen molar-refractivity contribution in [1.82, 2.24) is 0 Å². The molecule has 0 radical (unpaired) electrons. The standard InChI is InChI=1S/2C4H9.C2H5OS.Sn/c2*1-3-4-2;3-1-2-4;/h2*1,3-4H2,2H3;4H,1-2H2;/q;;-1;+2. The van der Waals surface area contributed by atoms with Crippen molar-refractivity contribution in [3.8, 4) is 0 Å². The van der Waals surface area contributed by atoms with E-state index >= 15 is 0 Å². The molecule has 13 heavy (non-hydrogen) atoms. The molecule has 0 N–H and O–H groups in total. The van der Waals surface area contributed by atoms with Crippen LogP contribution in [0.4, 0.5) is 0 Å². The molecule has 0 spiro atoms. The topological polar surface area (TPSA) is 9.23 Å². The Morgan fingerprint density at radius 3 is 2.00 bits per heavy atom. The van der Waals surface area contributed by atoms with Gasteiger partial charge in [-0.3, -0.25) is 0 Å². The number of hydrogen-bond donors (Lipinski definition) is 1. The first-order chi connectivity index (χ1) is 6.35. The van der Waals surface area contributed by atoms with Crippen LogP contribution in [0.2, 0.25) is 8.87 Å². The molecule has 0 aromatic carbocycles. The Morgan fingerprint density at radius 1 is 1.08 bits per heavy atom. The zero-order valence-electron chi connectivity index (χ0n) is 9.01. The summed E-state index contributed by atoms with van der Waals surface area (Å²) >= 11 is 2.80. The monoisotopic (exact) mass is 311 g/mol. The molecule has 0 saturated carbocycles. The molecule has 0 aromatic heterocycles. The summed E-state index contributed by atoms with van der Waals surface area (Å²) in [5.74, 6) is 0.891. The van der Waals surface area contributed by atoms with Gasteiger partial charge < -0.3 is 0 Å². The Labute approximate surface area is 96.3 Å². The molecule has 0 rings (SSSR count). The van der Waals surface area contributed by atoms with Crippen molar-refractivity contribution in [3.05, 3.63) is 0 Å². The van der Waals surface area contributed by atoms with E-state index in [2.05, 4.69) is 26.5 Å². The normalized spacial score (nSPS) is 10.4. The fraction of sp³-hybridized carbons (Fsp3) is 1.00. The summed E-state index contributed by atoms with van der Waals surface area (Å²) in [7, 11) is 0. The van der Waals surface area contributed by atoms with Crippen molar-refractivity contribution in [1.29, 1.82) is 0 Å². The van der Waals surface area contributed by atoms with Gasteiger partial charge in [-0.2, -0.15) is 0 Å². The quantitative estimate of drug-likeness (QED) is 0.506. The van der Waals surface area contributed by atoms with Crippen LogP contribution in [0.1, 0.15) is 39.5 Å². The maximum absolute atomic E-state index is 5.92. The zero-order chi connectivity index (χ0) is 9.94. The minimum absolute atomic E-state index is 0.891. The molecule has 3 heteroatoms. The van der Waals surface area contributed by atoms with Crippen molar-refractivity contribution < 1.29 is 3.07 Å². The maximum atomic E-state index is 5.92. The van der Waals surface area contributed by atoms with Gasteiger partial charge in [-0.25, -0.2) is 0 Å². The van der Waals surface area contributed by atoms with E-state index in [0.29, 0.717) is 0 Å². The first-order valence-electron chi connectivity index (χ1n) is 5.43. The summed E-state index contributed by atoms with van der Waals surface area (Å²) in [5, 5.41) is 0. The van der Waals surface area contributed by atoms with E-state index in [1.807, 2.05) is 0 Å². The number of unbranched alkanes of at least 4 members (excludes halogenated alkanes) is 2. The predicted molar refractivity (Wildman–Crippen MR) is 65.0 cm³/mol. The second kappa shape index (κ2) is 11.2. The van der Waals surface area contributed by atoms with Gasteiger partial charge in [0.2, 0.25) is 0 Å². The number of hydrogen-bond acceptors (Lipinski definition) is 2. The van der Waals surface area contributed by atoms with Crippen LogP contribution >= 0.6 is 12.6 Å². The first kappa shape index (κ1) is 14.1. The Kier molecular flexibility index (Phi) is 12.1. The molecule has 1 nitrogen and oxygen atoms in total. The van der Waals surface area contributed by atoms with Crippen molar-refractivity contribution in [2.75, 3.05) is 12.4 Å². The second-order valence-corrected chi connectivity index (χ2v) is 10.5. The van der Waals surface area contributed by atoms with Crippen molar-refractivity contribution in [3.63, 3.8) is 0 Å². The molecular formula is C10H23OSSn+. The molecule has 0 aliphatic rings. The van der Waals surface area contributed by atoms with Gasteiger partial charge >= 0.3 is 96.6 Å². The molecule has 0 amide bonds. The third-order valence-corrected chi connectivity index (χ3v) is 9.15. The summed E-state index contributed by atoms with van der Waals surface area (Å²) in [4.78, 5) is 0. The molecular weight excluding hydrogens is 287 g/mol. The van der Waals surface area contributed by atoms with Gasteiger partial charge in [0.15, 0.2) is 0 Å². The summed E-state index contributed by atoms with van der Waals surface area (Å²) < 4.78 is 8.76. The van der Waals surface area contributed by atoms with E-state index in [9.17, 15) is 0 Å². The first-order valence-corrected chi connectivity index (χ1v) is 11.3. The SMILES string of the molecule is CCC[CH2][Sn+]([CH2]CCC)[O]CCS. The number of rotatable bonds is 9. The van der Waals surface area contributed by atoms with E-state index in [-0.39, 0.29) is 0 Å². The van der Waals surface area contributed by atoms with E-state index in [0.717, 1.165) is 12.4 Å². The van der Waals surface area contributed by atoms with E-state index in [1.165, 1.54) is 34.6 Å². The predicted octanol–water partition coefficient (Wildman–Crippen LogP) is 3.52. The van der Waals surface area contributed by atoms with Crippen molar-refractivity contribution >= 4 is 32.8 Å². The van der Waals surface area contributed by atoms with Crippen LogP contribution in [-0.2, 0) is 3.07 Å². The Morgan fingerprint density at radius 2 is 1.62 bits per heavy atom. The van der Waals surface area contributed by atoms with Crippen LogP contribution in [-0.4, -0.2) is 32.5 Å². The van der Waals surface area contributed by atoms with Gasteiger partial charge in [0, 0.05) is 0 Å². The summed E-state index contributed by atoms with van der Waals surface area (Å²) in [6.45, 7) is 5.42. The fourth-order valence-corrected chi connectivity index (χ4v) is 8.71. The zero-order valence-corrected chi connectivity index (χ0v) is 12.8. The van der Waals surface area contributed by atoms with E-state index < -0.39 is 20.2 Å². The van der Waals surface area contributed by atoms with Crippen LogP contribution in [0.5, 0.6) is 0 Å². The van der Waals surface area contributed by atoms with Gasteiger partial charge in [-0.05, 0) is 0 Å². The van der Waals surface area contributed by atoms with Gasteiger partial charge in [-0.15, -0.1) is 0 Å². The van der Waals surface area contributed by atoms with Crippen molar-refractivity contribution in [2.45, 2.75) is 48.4 Å². The Balaban J connectivity index is 3.47. The molecule has 0 aliphatic heterocycles. The van der Waals surface area contributed by atoms with Crippen molar-refractivity contribution in [2.24, 2.45) is 0 Å². The molecule has 0 unspecified atom stereocenters. The fourth-order valence-electron chi connectivity index (χ4n) is 1.21. The van der Waals surface area contributed by atoms with Crippen LogP contribution in [0, 0.1) is 0 Å². The second-order valence-electron chi connectivity index (χ2n) is 3.32. The molecule has 0 fully saturated rings. The number of thiol groups is 1. The van der Waals surface area contributed by atoms with Gasteiger partial charge in [0.1, 0.15) is 0 Å². The third-order valence-electron chi connectivity index (χ3n) is 2.02. The molecule has 0 bridgehead atoms. The van der Waals surface area contributed by atoms with Gasteiger partial charge in [0.25, 0.3) is 0 Å². The third kappa shape index (κ3) is 9.41. The molecule has 0 aromatic rings. The van der Waals surface area contributed by atoms with Crippen LogP contribution in [0.25, 0.3) is 0 Å². The van der Waals surface area contributed by atoms with Gasteiger partial charge in [0.05, 0.1) is 0 Å². The Hall–Kier alpha value is 1.11. The van der Waals surface area contributed by atoms with Gasteiger partial charge in [-0.1, -0.05) is 0 Å². The molecule has 78 valence electrons. The molecule has 0 heterocycles. The van der Waals surface area contributed by atoms with E-state index in [4.69, 9.17) is 3.07 Å². The minimum atomic E-state index is -1.39. The molecule has 0 atom stereocenters. The van der Waals surface area contributed by atoms with Crippen LogP contribution < -0.4 is 0 Å². The van der Waals surface area contributed by atoms with E-state index in [1.54, 1.807) is 0 Å². The summed E-state index contributed by atoms with van der Waals surface area (Å²) in [6, 6.07) is 0. The Bertz CT molecular complexity index is 81.9. The van der Waals surface area contributed by atoms with Crippen LogP contribution in [0.3, 0.4) is 0 Å². The molecule has 0 aliphatic carbocycles. The average Bonchev–Trinajstić information content (AvgIpc) is 2.17. The average molecular weight is 310 g/mol. The summed E-state index contributed by atoms with van der Waals surface area (Å²) in [5.41, 5.74) is 0. The molecule has 0 saturated heterocycles. The summed E-state index contributed by atoms with van der Waals surface area (Å²) in [6.07, 6.45) is 5.40.